The van der Waals surface area contributed by atoms with Crippen molar-refractivity contribution in [2.45, 2.75) is 111 Å². The van der Waals surface area contributed by atoms with Gasteiger partial charge >= 0.3 is 0 Å². The molecule has 4 nitrogen and oxygen atoms in total. The maximum atomic E-state index is 12.2. The van der Waals surface area contributed by atoms with Gasteiger partial charge in [0.1, 0.15) is 11.4 Å². The zero-order chi connectivity index (χ0) is 24.5. The van der Waals surface area contributed by atoms with Crippen LogP contribution in [0, 0.1) is 18.8 Å². The molecule has 1 aromatic rings. The molecule has 1 aromatic heterocycles. The van der Waals surface area contributed by atoms with Gasteiger partial charge in [-0.2, -0.15) is 0 Å². The first-order valence-electron chi connectivity index (χ1n) is 11.9. The minimum absolute atomic E-state index is 0.0440. The van der Waals surface area contributed by atoms with E-state index in [-0.39, 0.29) is 24.5 Å². The Morgan fingerprint density at radius 3 is 2.12 bits per heavy atom. The van der Waals surface area contributed by atoms with Gasteiger partial charge < -0.3 is 5.11 Å². The van der Waals surface area contributed by atoms with Crippen LogP contribution in [0.3, 0.4) is 0 Å². The first-order chi connectivity index (χ1) is 14.8. The summed E-state index contributed by atoms with van der Waals surface area (Å²) in [5, 5.41) is 9.83. The smallest absolute Gasteiger partial charge is 0.248 e. The van der Waals surface area contributed by atoms with E-state index in [1.165, 1.54) is 19.3 Å². The van der Waals surface area contributed by atoms with Gasteiger partial charge in [0.2, 0.25) is 5.92 Å². The number of carbonyl (C=O) groups excluding carboxylic acids is 1. The summed E-state index contributed by atoms with van der Waals surface area (Å²) in [5.74, 6) is -1.35. The molecule has 2 saturated carbocycles. The number of rotatable bonds is 6. The molecule has 6 heteroatoms. The Labute approximate surface area is 192 Å². The Morgan fingerprint density at radius 1 is 1.22 bits per heavy atom. The van der Waals surface area contributed by atoms with Crippen LogP contribution in [0.4, 0.5) is 14.5 Å². The van der Waals surface area contributed by atoms with E-state index < -0.39 is 11.5 Å². The molecule has 3 rings (SSSR count). The number of hydrogen-bond acceptors (Lipinski definition) is 4. The van der Waals surface area contributed by atoms with Crippen molar-refractivity contribution in [1.82, 2.24) is 4.98 Å². The minimum atomic E-state index is -2.47. The number of alkyl halides is 2. The molecule has 2 fully saturated rings. The van der Waals surface area contributed by atoms with E-state index in [1.807, 2.05) is 26.0 Å². The van der Waals surface area contributed by atoms with Crippen LogP contribution in [0.25, 0.3) is 0 Å². The van der Waals surface area contributed by atoms with Crippen molar-refractivity contribution in [2.24, 2.45) is 16.8 Å². The van der Waals surface area contributed by atoms with E-state index in [1.54, 1.807) is 20.8 Å². The lowest BCUT2D eigenvalue weighted by Gasteiger charge is -2.34. The second-order valence-corrected chi connectivity index (χ2v) is 9.82. The fourth-order valence-electron chi connectivity index (χ4n) is 3.31. The molecule has 32 heavy (non-hydrogen) atoms. The fourth-order valence-corrected chi connectivity index (χ4v) is 3.31. The molecule has 0 unspecified atom stereocenters. The van der Waals surface area contributed by atoms with Crippen LogP contribution in [-0.4, -0.2) is 27.5 Å². The second kappa shape index (κ2) is 12.5. The zero-order valence-electron chi connectivity index (χ0n) is 21.0. The van der Waals surface area contributed by atoms with E-state index in [4.69, 9.17) is 0 Å². The van der Waals surface area contributed by atoms with Crippen LogP contribution in [0.1, 0.15) is 104 Å². The Kier molecular flexibility index (Phi) is 11.1. The molecule has 0 aliphatic heterocycles. The van der Waals surface area contributed by atoms with Gasteiger partial charge in [-0.3, -0.25) is 14.8 Å². The van der Waals surface area contributed by atoms with Gasteiger partial charge in [-0.15, -0.1) is 0 Å². The molecular weight excluding hydrogens is 410 g/mol. The van der Waals surface area contributed by atoms with Crippen LogP contribution in [0.15, 0.2) is 17.1 Å². The van der Waals surface area contributed by atoms with E-state index in [2.05, 4.69) is 23.8 Å². The summed E-state index contributed by atoms with van der Waals surface area (Å²) in [6.07, 6.45) is 6.06. The maximum Gasteiger partial charge on any atom is 0.248 e. The lowest BCUT2D eigenvalue weighted by molar-refractivity contribution is -0.131. The third-order valence-electron chi connectivity index (χ3n) is 5.99. The highest BCUT2D eigenvalue weighted by Crippen LogP contribution is 2.44. The molecule has 0 radical (unpaired) electrons. The molecule has 0 atom stereocenters. The lowest BCUT2D eigenvalue weighted by Crippen LogP contribution is -2.36. The van der Waals surface area contributed by atoms with Gasteiger partial charge in [0, 0.05) is 31.4 Å². The minimum Gasteiger partial charge on any atom is -0.384 e. The largest absolute Gasteiger partial charge is 0.384 e. The summed E-state index contributed by atoms with van der Waals surface area (Å²) in [6.45, 7) is 13.5. The van der Waals surface area contributed by atoms with Crippen molar-refractivity contribution in [2.75, 3.05) is 0 Å². The summed E-state index contributed by atoms with van der Waals surface area (Å²) in [6, 6.07) is 3.74. The molecule has 0 bridgehead atoms. The number of aromatic nitrogens is 1. The average Bonchev–Trinajstić information content (AvgIpc) is 2.66. The van der Waals surface area contributed by atoms with Crippen LogP contribution in [0.5, 0.6) is 0 Å². The monoisotopic (exact) mass is 452 g/mol. The molecule has 1 N–H and O–H groups in total. The number of nitrogens with zero attached hydrogens (tertiary/aromatic N) is 2. The van der Waals surface area contributed by atoms with Crippen molar-refractivity contribution in [3.8, 4) is 0 Å². The predicted octanol–water partition coefficient (Wildman–Crippen LogP) is 7.33. The van der Waals surface area contributed by atoms with Gasteiger partial charge in [0.15, 0.2) is 0 Å². The number of aryl methyl sites for hydroxylation is 1. The van der Waals surface area contributed by atoms with Gasteiger partial charge in [-0.25, -0.2) is 8.78 Å². The van der Waals surface area contributed by atoms with E-state index >= 15 is 0 Å². The molecule has 0 aromatic carbocycles. The lowest BCUT2D eigenvalue weighted by atomic mass is 9.78. The number of carbonyl (C=O) groups is 1. The summed E-state index contributed by atoms with van der Waals surface area (Å²) in [4.78, 5) is 19.6. The van der Waals surface area contributed by atoms with Gasteiger partial charge in [0.25, 0.3) is 0 Å². The van der Waals surface area contributed by atoms with Gasteiger partial charge in [-0.1, -0.05) is 40.0 Å². The quantitative estimate of drug-likeness (QED) is 0.460. The highest BCUT2D eigenvalue weighted by Gasteiger charge is 2.45. The SMILES string of the molecule is CC1CCC1.CCC(=O)CC1CC(F)(F)C1.CCC(C)=Nc1ccc(C(C)(C)O)nc1C. The second-order valence-electron chi connectivity index (χ2n) is 9.82. The van der Waals surface area contributed by atoms with Crippen LogP contribution in [0.2, 0.25) is 0 Å². The van der Waals surface area contributed by atoms with Crippen LogP contribution < -0.4 is 0 Å². The van der Waals surface area contributed by atoms with Gasteiger partial charge in [-0.05, 0) is 58.1 Å². The number of Topliss-reactive ketones (excluding diaryl/α,β-unsaturated/α-hetero) is 1. The Morgan fingerprint density at radius 2 is 1.78 bits per heavy atom. The Bertz CT molecular complexity index is 758. The number of aliphatic imine (C=N–C) groups is 1. The van der Waals surface area contributed by atoms with Crippen molar-refractivity contribution in [3.05, 3.63) is 23.5 Å². The molecular formula is C26H42F2N2O2. The topological polar surface area (TPSA) is 62.5 Å². The maximum absolute atomic E-state index is 12.2. The van der Waals surface area contributed by atoms with E-state index in [0.29, 0.717) is 18.5 Å². The first kappa shape index (κ1) is 28.3. The molecule has 0 saturated heterocycles. The molecule has 0 amide bonds. The van der Waals surface area contributed by atoms with E-state index in [0.717, 1.165) is 29.4 Å². The number of ketones is 1. The summed E-state index contributed by atoms with van der Waals surface area (Å²) >= 11 is 0. The van der Waals surface area contributed by atoms with Crippen molar-refractivity contribution < 1.29 is 18.7 Å². The zero-order valence-corrected chi connectivity index (χ0v) is 21.0. The third kappa shape index (κ3) is 10.3. The number of halogens is 2. The van der Waals surface area contributed by atoms with Crippen LogP contribution >= 0.6 is 0 Å². The Balaban J connectivity index is 0.000000273. The van der Waals surface area contributed by atoms with Crippen molar-refractivity contribution in [3.63, 3.8) is 0 Å². The number of hydrogen-bond donors (Lipinski definition) is 1. The van der Waals surface area contributed by atoms with Crippen molar-refractivity contribution >= 4 is 17.2 Å². The normalized spacial score (nSPS) is 18.4. The standard InChI is InChI=1S/C13H20N2O.C8H12F2O.C5H10/c1-6-9(2)14-11-7-8-12(13(4,5)16)15-10(11)3;1-2-7(11)3-6-4-8(9,10)5-6;1-5-3-2-4-5/h7-8,16H,6H2,1-5H3;6H,2-5H2,1H3;5H,2-4H2,1H3. The number of pyridine rings is 1. The first-order valence-corrected chi connectivity index (χ1v) is 11.9. The molecule has 2 aliphatic rings. The fraction of sp³-hybridized carbons (Fsp3) is 0.731. The van der Waals surface area contributed by atoms with Gasteiger partial charge in [0.05, 0.1) is 17.1 Å². The highest BCUT2D eigenvalue weighted by atomic mass is 19.3. The predicted molar refractivity (Wildman–Crippen MR) is 128 cm³/mol. The summed E-state index contributed by atoms with van der Waals surface area (Å²) < 4.78 is 24.5. The average molecular weight is 453 g/mol. The summed E-state index contributed by atoms with van der Waals surface area (Å²) in [5.41, 5.74) is 2.60. The molecule has 1 heterocycles. The Hall–Kier alpha value is -1.69. The molecule has 182 valence electrons. The third-order valence-corrected chi connectivity index (χ3v) is 5.99. The molecule has 0 spiro atoms. The van der Waals surface area contributed by atoms with Crippen LogP contribution in [-0.2, 0) is 10.4 Å². The van der Waals surface area contributed by atoms with Crippen molar-refractivity contribution in [1.29, 1.82) is 0 Å². The summed E-state index contributed by atoms with van der Waals surface area (Å²) in [7, 11) is 0. The van der Waals surface area contributed by atoms with E-state index in [9.17, 15) is 18.7 Å². The molecule has 2 aliphatic carbocycles. The highest BCUT2D eigenvalue weighted by molar-refractivity contribution is 5.84. The number of aliphatic hydroxyl groups is 1.